The van der Waals surface area contributed by atoms with Crippen LogP contribution in [0.1, 0.15) is 32.6 Å². The van der Waals surface area contributed by atoms with Gasteiger partial charge in [-0.15, -0.1) is 0 Å². The monoisotopic (exact) mass is 251 g/mol. The van der Waals surface area contributed by atoms with Gasteiger partial charge in [-0.1, -0.05) is 19.9 Å². The average Bonchev–Trinajstić information content (AvgIpc) is 2.34. The molecular formula is C14H25N3O. The number of rotatable bonds is 4. The van der Waals surface area contributed by atoms with E-state index in [1.54, 1.807) is 0 Å². The fourth-order valence-corrected chi connectivity index (χ4v) is 2.59. The van der Waals surface area contributed by atoms with E-state index in [9.17, 15) is 4.79 Å². The maximum Gasteiger partial charge on any atom is 0.318 e. The Morgan fingerprint density at radius 1 is 1.39 bits per heavy atom. The zero-order valence-corrected chi connectivity index (χ0v) is 11.5. The van der Waals surface area contributed by atoms with Gasteiger partial charge < -0.3 is 15.1 Å². The molecule has 0 aromatic rings. The summed E-state index contributed by atoms with van der Waals surface area (Å²) in [4.78, 5) is 16.2. The summed E-state index contributed by atoms with van der Waals surface area (Å²) in [5, 5.41) is 3.14. The van der Waals surface area contributed by atoms with Gasteiger partial charge in [-0.05, 0) is 31.4 Å². The third kappa shape index (κ3) is 3.48. The number of piperidine rings is 1. The molecule has 4 nitrogen and oxygen atoms in total. The Morgan fingerprint density at radius 3 is 2.61 bits per heavy atom. The van der Waals surface area contributed by atoms with Gasteiger partial charge in [0.15, 0.2) is 0 Å². The van der Waals surface area contributed by atoms with Gasteiger partial charge in [-0.25, -0.2) is 4.79 Å². The van der Waals surface area contributed by atoms with Crippen LogP contribution in [0, 0.1) is 0 Å². The van der Waals surface area contributed by atoms with Crippen molar-refractivity contribution in [2.45, 2.75) is 38.6 Å². The van der Waals surface area contributed by atoms with Gasteiger partial charge in [-0.3, -0.25) is 0 Å². The zero-order valence-electron chi connectivity index (χ0n) is 11.5. The lowest BCUT2D eigenvalue weighted by atomic mass is 10.0. The molecule has 0 unspecified atom stereocenters. The van der Waals surface area contributed by atoms with E-state index in [-0.39, 0.29) is 6.03 Å². The van der Waals surface area contributed by atoms with Crippen molar-refractivity contribution >= 4 is 6.03 Å². The lowest BCUT2D eigenvalue weighted by molar-refractivity contribution is 0.167. The molecule has 102 valence electrons. The number of hydrogen-bond donors (Lipinski definition) is 1. The first-order valence-corrected chi connectivity index (χ1v) is 7.13. The molecule has 4 heteroatoms. The first-order valence-electron chi connectivity index (χ1n) is 7.13. The summed E-state index contributed by atoms with van der Waals surface area (Å²) in [6.45, 7) is 11.0. The summed E-state index contributed by atoms with van der Waals surface area (Å²) in [5.74, 6) is 0. The number of nitrogens with zero attached hydrogens (tertiary/aromatic N) is 2. The summed E-state index contributed by atoms with van der Waals surface area (Å²) in [6, 6.07) is 0.457. The Labute approximate surface area is 110 Å². The first-order chi connectivity index (χ1) is 8.69. The molecule has 2 saturated heterocycles. The molecule has 0 saturated carbocycles. The highest BCUT2D eigenvalue weighted by atomic mass is 16.2. The van der Waals surface area contributed by atoms with E-state index in [2.05, 4.69) is 23.7 Å². The summed E-state index contributed by atoms with van der Waals surface area (Å²) in [6.07, 6.45) is 4.72. The van der Waals surface area contributed by atoms with Crippen molar-refractivity contribution < 1.29 is 4.79 Å². The summed E-state index contributed by atoms with van der Waals surface area (Å²) in [7, 11) is 0. The molecule has 0 bridgehead atoms. The van der Waals surface area contributed by atoms with Crippen LogP contribution in [0.25, 0.3) is 0 Å². The van der Waals surface area contributed by atoms with E-state index < -0.39 is 0 Å². The van der Waals surface area contributed by atoms with E-state index in [0.29, 0.717) is 6.04 Å². The zero-order chi connectivity index (χ0) is 13.0. The molecule has 1 N–H and O–H groups in total. The normalized spacial score (nSPS) is 21.8. The number of carbonyl (C=O) groups is 1. The standard InChI is InChI=1S/C14H25N3O/c1-3-4-7-16-8-5-13(6-9-16)15-14(18)17-10-12(2)11-17/h13H,2-11H2,1H3,(H,15,18). The Balaban J connectivity index is 1.64. The summed E-state index contributed by atoms with van der Waals surface area (Å²) >= 11 is 0. The van der Waals surface area contributed by atoms with Crippen molar-refractivity contribution in [2.75, 3.05) is 32.7 Å². The average molecular weight is 251 g/mol. The largest absolute Gasteiger partial charge is 0.335 e. The van der Waals surface area contributed by atoms with E-state index >= 15 is 0 Å². The van der Waals surface area contributed by atoms with Gasteiger partial charge in [0.25, 0.3) is 0 Å². The van der Waals surface area contributed by atoms with Crippen LogP contribution in [0.4, 0.5) is 4.79 Å². The van der Waals surface area contributed by atoms with Crippen LogP contribution in [0.2, 0.25) is 0 Å². The molecular weight excluding hydrogens is 226 g/mol. The van der Waals surface area contributed by atoms with E-state index in [4.69, 9.17) is 0 Å². The van der Waals surface area contributed by atoms with Crippen molar-refractivity contribution in [3.05, 3.63) is 12.2 Å². The van der Waals surface area contributed by atoms with Crippen molar-refractivity contribution in [3.8, 4) is 0 Å². The smallest absolute Gasteiger partial charge is 0.318 e. The van der Waals surface area contributed by atoms with Crippen molar-refractivity contribution in [2.24, 2.45) is 0 Å². The van der Waals surface area contributed by atoms with Crippen LogP contribution in [0.3, 0.4) is 0 Å². The molecule has 2 fully saturated rings. The van der Waals surface area contributed by atoms with E-state index in [0.717, 1.165) is 44.6 Å². The Kier molecular flexibility index (Phi) is 4.64. The lowest BCUT2D eigenvalue weighted by Crippen LogP contribution is -2.53. The Hall–Kier alpha value is -1.03. The fourth-order valence-electron chi connectivity index (χ4n) is 2.59. The van der Waals surface area contributed by atoms with Crippen molar-refractivity contribution in [3.63, 3.8) is 0 Å². The van der Waals surface area contributed by atoms with Crippen molar-refractivity contribution in [1.82, 2.24) is 15.1 Å². The van der Waals surface area contributed by atoms with Crippen molar-refractivity contribution in [1.29, 1.82) is 0 Å². The van der Waals surface area contributed by atoms with Gasteiger partial charge in [-0.2, -0.15) is 0 Å². The summed E-state index contributed by atoms with van der Waals surface area (Å²) in [5.41, 5.74) is 1.15. The predicted octanol–water partition coefficient (Wildman–Crippen LogP) is 1.83. The van der Waals surface area contributed by atoms with Gasteiger partial charge in [0.2, 0.25) is 0 Å². The Bertz CT molecular complexity index is 300. The van der Waals surface area contributed by atoms with Gasteiger partial charge in [0.1, 0.15) is 0 Å². The van der Waals surface area contributed by atoms with Gasteiger partial charge >= 0.3 is 6.03 Å². The number of urea groups is 1. The Morgan fingerprint density at radius 2 is 2.06 bits per heavy atom. The molecule has 2 aliphatic rings. The number of nitrogens with one attached hydrogen (secondary N) is 1. The molecule has 2 aliphatic heterocycles. The molecule has 0 atom stereocenters. The van der Waals surface area contributed by atoms with Crippen LogP contribution >= 0.6 is 0 Å². The highest BCUT2D eigenvalue weighted by Crippen LogP contribution is 2.14. The maximum absolute atomic E-state index is 11.9. The second-order valence-corrected chi connectivity index (χ2v) is 5.53. The van der Waals surface area contributed by atoms with Gasteiger partial charge in [0.05, 0.1) is 0 Å². The number of likely N-dealkylation sites (tertiary alicyclic amines) is 2. The minimum absolute atomic E-state index is 0.0920. The number of amides is 2. The highest BCUT2D eigenvalue weighted by Gasteiger charge is 2.26. The molecule has 2 amide bonds. The van der Waals surface area contributed by atoms with E-state index in [1.165, 1.54) is 19.4 Å². The van der Waals surface area contributed by atoms with Crippen LogP contribution in [0.15, 0.2) is 12.2 Å². The minimum atomic E-state index is 0.0920. The van der Waals surface area contributed by atoms with E-state index in [1.807, 2.05) is 4.90 Å². The maximum atomic E-state index is 11.9. The third-order valence-corrected chi connectivity index (χ3v) is 3.86. The second kappa shape index (κ2) is 6.23. The molecule has 0 radical (unpaired) electrons. The minimum Gasteiger partial charge on any atom is -0.335 e. The SMILES string of the molecule is C=C1CN(C(=O)NC2CCN(CCCC)CC2)C1. The fraction of sp³-hybridized carbons (Fsp3) is 0.786. The quantitative estimate of drug-likeness (QED) is 0.774. The molecule has 2 heterocycles. The lowest BCUT2D eigenvalue weighted by Gasteiger charge is -2.37. The molecule has 18 heavy (non-hydrogen) atoms. The van der Waals surface area contributed by atoms with Crippen LogP contribution in [-0.2, 0) is 0 Å². The number of unbranched alkanes of at least 4 members (excludes halogenated alkanes) is 1. The van der Waals surface area contributed by atoms with Crippen LogP contribution in [-0.4, -0.2) is 54.6 Å². The second-order valence-electron chi connectivity index (χ2n) is 5.53. The third-order valence-electron chi connectivity index (χ3n) is 3.86. The predicted molar refractivity (Wildman–Crippen MR) is 73.6 cm³/mol. The molecule has 0 aromatic carbocycles. The highest BCUT2D eigenvalue weighted by molar-refractivity contribution is 5.76. The van der Waals surface area contributed by atoms with Crippen LogP contribution in [0.5, 0.6) is 0 Å². The van der Waals surface area contributed by atoms with Gasteiger partial charge in [0, 0.05) is 32.2 Å². The molecule has 0 aromatic heterocycles. The molecule has 0 spiro atoms. The molecule has 0 aliphatic carbocycles. The topological polar surface area (TPSA) is 35.6 Å². The van der Waals surface area contributed by atoms with Crippen LogP contribution < -0.4 is 5.32 Å². The molecule has 2 rings (SSSR count). The first kappa shape index (κ1) is 13.4. The summed E-state index contributed by atoms with van der Waals surface area (Å²) < 4.78 is 0. The number of carbonyl (C=O) groups excluding carboxylic acids is 1. The number of hydrogen-bond acceptors (Lipinski definition) is 2.